The Morgan fingerprint density at radius 1 is 1.44 bits per heavy atom. The van der Waals surface area contributed by atoms with Crippen molar-refractivity contribution in [2.75, 3.05) is 6.54 Å². The fraction of sp³-hybridized carbons (Fsp3) is 0.500. The molecule has 0 saturated carbocycles. The van der Waals surface area contributed by atoms with E-state index in [0.717, 1.165) is 0 Å². The molecule has 0 unspecified atom stereocenters. The molecule has 0 fully saturated rings. The quantitative estimate of drug-likeness (QED) is 0.194. The zero-order valence-corrected chi connectivity index (χ0v) is 7.93. The van der Waals surface area contributed by atoms with Crippen LogP contribution in [0.15, 0.2) is 0 Å². The summed E-state index contributed by atoms with van der Waals surface area (Å²) in [5, 5.41) is 0. The molecule has 4 N–H and O–H groups in total. The van der Waals surface area contributed by atoms with Crippen LogP contribution < -0.4 is 35.3 Å². The molecule has 0 spiro atoms. The van der Waals surface area contributed by atoms with Crippen molar-refractivity contribution in [3.05, 3.63) is 6.92 Å². The van der Waals surface area contributed by atoms with Gasteiger partial charge in [-0.1, -0.05) is 0 Å². The molecule has 52 valence electrons. The van der Waals surface area contributed by atoms with Crippen molar-refractivity contribution < 1.29 is 47.1 Å². The molecule has 0 aromatic heterocycles. The Labute approximate surface area is 76.5 Å². The Balaban J connectivity index is -0.0000000800. The molecule has 9 heavy (non-hydrogen) atoms. The largest absolute Gasteiger partial charge is 1.00 e. The third-order valence-corrected chi connectivity index (χ3v) is 0. The zero-order valence-electron chi connectivity index (χ0n) is 5.11. The van der Waals surface area contributed by atoms with Crippen LogP contribution in [0.4, 0.5) is 0 Å². The maximum absolute atomic E-state index is 8.74. The summed E-state index contributed by atoms with van der Waals surface area (Å²) in [6.45, 7) is 3.76. The molecule has 0 amide bonds. The van der Waals surface area contributed by atoms with Gasteiger partial charge < -0.3 is 12.7 Å². The molecule has 0 aliphatic heterocycles. The van der Waals surface area contributed by atoms with Gasteiger partial charge in [0.1, 0.15) is 0 Å². The number of hydrogen-bond donors (Lipinski definition) is 3. The number of rotatable bonds is 0. The first-order valence-electron chi connectivity index (χ1n) is 1.61. The van der Waals surface area contributed by atoms with Crippen molar-refractivity contribution >= 4 is 10.4 Å². The van der Waals surface area contributed by atoms with Crippen molar-refractivity contribution in [1.82, 2.24) is 0 Å². The second-order valence-corrected chi connectivity index (χ2v) is 1.63. The minimum absolute atomic E-state index is 0. The van der Waals surface area contributed by atoms with Gasteiger partial charge in [-0.3, -0.25) is 9.11 Å². The van der Waals surface area contributed by atoms with Gasteiger partial charge >= 0.3 is 40.0 Å². The molecule has 0 aromatic rings. The monoisotopic (exact) mass is 165 g/mol. The van der Waals surface area contributed by atoms with Gasteiger partial charge in [-0.15, -0.1) is 6.54 Å². The second-order valence-electron chi connectivity index (χ2n) is 0.737. The summed E-state index contributed by atoms with van der Waals surface area (Å²) in [5.74, 6) is 0. The molecule has 0 rings (SSSR count). The van der Waals surface area contributed by atoms with Gasteiger partial charge in [0.15, 0.2) is 0 Å². The van der Waals surface area contributed by atoms with Crippen LogP contribution in [0, 0.1) is 6.92 Å². The minimum Gasteiger partial charge on any atom is -0.360 e. The molecule has 0 aliphatic rings. The molecule has 7 heteroatoms. The Bertz CT molecular complexity index is 113. The van der Waals surface area contributed by atoms with Gasteiger partial charge in [0.25, 0.3) is 0 Å². The first-order chi connectivity index (χ1) is 3.41. The van der Waals surface area contributed by atoms with E-state index in [1.165, 1.54) is 0 Å². The van der Waals surface area contributed by atoms with Crippen LogP contribution in [-0.4, -0.2) is 24.1 Å². The summed E-state index contributed by atoms with van der Waals surface area (Å²) < 4.78 is 31.6. The summed E-state index contributed by atoms with van der Waals surface area (Å²) in [6.07, 6.45) is 0. The van der Waals surface area contributed by atoms with Crippen LogP contribution in [0.2, 0.25) is 0 Å². The number of hydrogen-bond acceptors (Lipinski definition) is 3. The third-order valence-electron chi connectivity index (χ3n) is 0. The zero-order chi connectivity index (χ0) is 7.21. The van der Waals surface area contributed by atoms with E-state index in [0.29, 0.717) is 6.54 Å². The smallest absolute Gasteiger partial charge is 0.360 e. The summed E-state index contributed by atoms with van der Waals surface area (Å²) in [4.78, 5) is 0. The molecule has 0 bridgehead atoms. The summed E-state index contributed by atoms with van der Waals surface area (Å²) in [7, 11) is -4.67. The summed E-state index contributed by atoms with van der Waals surface area (Å²) >= 11 is 0. The van der Waals surface area contributed by atoms with E-state index in [2.05, 4.69) is 6.92 Å². The maximum Gasteiger partial charge on any atom is 1.00 e. The molecule has 0 atom stereocenters. The number of nitrogens with two attached hydrogens (primary N) is 1. The van der Waals surface area contributed by atoms with Crippen molar-refractivity contribution in [3.63, 3.8) is 0 Å². The fourth-order valence-electron chi connectivity index (χ4n) is 0. The van der Waals surface area contributed by atoms with Gasteiger partial charge in [-0.25, -0.2) is 0 Å². The van der Waals surface area contributed by atoms with Gasteiger partial charge in [0.2, 0.25) is 0 Å². The third kappa shape index (κ3) is 598. The van der Waals surface area contributed by atoms with Crippen LogP contribution >= 0.6 is 0 Å². The first-order valence-corrected chi connectivity index (χ1v) is 3.00. The van der Waals surface area contributed by atoms with Crippen LogP contribution in [0.25, 0.3) is 0 Å². The standard InChI is InChI=1S/C2H6N.Na.H2O4S/c1-2-3;;1-5(2,3)4/h1-3H2;;(H2,1,2,3,4)/q-1;+1;. The van der Waals surface area contributed by atoms with Gasteiger partial charge in [0.05, 0.1) is 0 Å². The molecule has 0 radical (unpaired) electrons. The molecular weight excluding hydrogens is 157 g/mol. The Hall–Kier alpha value is 0.830. The van der Waals surface area contributed by atoms with Gasteiger partial charge in [0, 0.05) is 0 Å². The Morgan fingerprint density at radius 3 is 1.44 bits per heavy atom. The van der Waals surface area contributed by atoms with E-state index >= 15 is 0 Å². The van der Waals surface area contributed by atoms with Gasteiger partial charge in [-0.05, 0) is 0 Å². The topological polar surface area (TPSA) is 101 Å². The van der Waals surface area contributed by atoms with E-state index in [4.69, 9.17) is 23.3 Å². The normalized spacial score (nSPS) is 8.44. The molecular formula is C2H8NNaO4S. The first kappa shape index (κ1) is 16.4. The Kier molecular flexibility index (Phi) is 16.1. The van der Waals surface area contributed by atoms with Crippen molar-refractivity contribution in [1.29, 1.82) is 0 Å². The second kappa shape index (κ2) is 8.83. The molecule has 5 nitrogen and oxygen atoms in total. The van der Waals surface area contributed by atoms with Crippen LogP contribution in [0.3, 0.4) is 0 Å². The summed E-state index contributed by atoms with van der Waals surface area (Å²) in [5.41, 5.74) is 4.74. The van der Waals surface area contributed by atoms with E-state index < -0.39 is 10.4 Å². The van der Waals surface area contributed by atoms with E-state index in [-0.39, 0.29) is 29.6 Å². The average Bonchev–Trinajstić information content (AvgIpc) is 1.27. The molecule has 0 aliphatic carbocycles. The average molecular weight is 165 g/mol. The minimum atomic E-state index is -4.67. The molecule has 0 aromatic carbocycles. The van der Waals surface area contributed by atoms with E-state index in [1.807, 2.05) is 0 Å². The van der Waals surface area contributed by atoms with Crippen LogP contribution in [0.1, 0.15) is 0 Å². The molecule has 0 saturated heterocycles. The van der Waals surface area contributed by atoms with Crippen molar-refractivity contribution in [2.45, 2.75) is 0 Å². The fourth-order valence-corrected chi connectivity index (χ4v) is 0. The SMILES string of the molecule is O=S(=O)(O)O.[CH2-]CN.[Na+]. The molecule has 0 heterocycles. The van der Waals surface area contributed by atoms with Crippen molar-refractivity contribution in [2.24, 2.45) is 5.73 Å². The van der Waals surface area contributed by atoms with Crippen LogP contribution in [-0.2, 0) is 10.4 Å². The van der Waals surface area contributed by atoms with E-state index in [9.17, 15) is 0 Å². The van der Waals surface area contributed by atoms with Crippen LogP contribution in [0.5, 0.6) is 0 Å². The maximum atomic E-state index is 8.74. The van der Waals surface area contributed by atoms with Crippen molar-refractivity contribution in [3.8, 4) is 0 Å². The van der Waals surface area contributed by atoms with Gasteiger partial charge in [-0.2, -0.15) is 8.42 Å². The predicted octanol–water partition coefficient (Wildman–Crippen LogP) is -3.87. The summed E-state index contributed by atoms with van der Waals surface area (Å²) in [6, 6.07) is 0. The Morgan fingerprint density at radius 2 is 1.44 bits per heavy atom. The predicted molar refractivity (Wildman–Crippen MR) is 28.6 cm³/mol. The van der Waals surface area contributed by atoms with E-state index in [1.54, 1.807) is 0 Å².